The molecule has 132 valence electrons. The Balaban J connectivity index is 1.82. The fourth-order valence-corrected chi connectivity index (χ4v) is 5.00. The van der Waals surface area contributed by atoms with Gasteiger partial charge in [0.2, 0.25) is 15.7 Å². The van der Waals surface area contributed by atoms with Crippen molar-refractivity contribution in [3.63, 3.8) is 0 Å². The number of H-pyrrole nitrogens is 1. The number of aromatic nitrogens is 2. The number of para-hydroxylation sites is 1. The Labute approximate surface area is 158 Å². The van der Waals surface area contributed by atoms with Crippen LogP contribution in [0, 0.1) is 0 Å². The minimum atomic E-state index is -3.68. The van der Waals surface area contributed by atoms with E-state index in [0.29, 0.717) is 28.1 Å². The predicted molar refractivity (Wildman–Crippen MR) is 100 cm³/mol. The van der Waals surface area contributed by atoms with Crippen molar-refractivity contribution in [3.05, 3.63) is 65.2 Å². The topological polar surface area (TPSA) is 83.1 Å². The Morgan fingerprint density at radius 3 is 2.65 bits per heavy atom. The number of aryl methyl sites for hydroxylation is 1. The van der Waals surface area contributed by atoms with Crippen molar-refractivity contribution >= 4 is 43.0 Å². The zero-order chi connectivity index (χ0) is 18.3. The first kappa shape index (κ1) is 17.0. The summed E-state index contributed by atoms with van der Waals surface area (Å²) >= 11 is 3.37. The van der Waals surface area contributed by atoms with E-state index in [1.807, 2.05) is 0 Å². The summed E-state index contributed by atoms with van der Waals surface area (Å²) < 4.78 is 26.6. The van der Waals surface area contributed by atoms with Crippen LogP contribution in [0.15, 0.2) is 69.1 Å². The highest BCUT2D eigenvalue weighted by molar-refractivity contribution is 9.10. The highest BCUT2D eigenvalue weighted by Gasteiger charge is 2.36. The molecule has 3 aromatic rings. The number of rotatable bonds is 3. The molecular formula is C18H14BrN3O3S. The average molecular weight is 432 g/mol. The van der Waals surface area contributed by atoms with Crippen LogP contribution in [0.5, 0.6) is 0 Å². The van der Waals surface area contributed by atoms with Gasteiger partial charge in [0, 0.05) is 29.7 Å². The van der Waals surface area contributed by atoms with Gasteiger partial charge in [-0.05, 0) is 30.3 Å². The minimum Gasteiger partial charge on any atom is -0.349 e. The van der Waals surface area contributed by atoms with Crippen LogP contribution in [0.1, 0.15) is 12.2 Å². The van der Waals surface area contributed by atoms with Gasteiger partial charge in [0.15, 0.2) is 0 Å². The number of halogens is 1. The predicted octanol–water partition coefficient (Wildman–Crippen LogP) is 3.62. The Kier molecular flexibility index (Phi) is 4.16. The van der Waals surface area contributed by atoms with E-state index in [2.05, 4.69) is 25.9 Å². The van der Waals surface area contributed by atoms with Gasteiger partial charge < -0.3 is 4.98 Å². The second kappa shape index (κ2) is 6.37. The lowest BCUT2D eigenvalue weighted by Gasteiger charge is -2.31. The Bertz CT molecular complexity index is 1090. The fourth-order valence-electron chi connectivity index (χ4n) is 3.05. The van der Waals surface area contributed by atoms with Gasteiger partial charge in [-0.3, -0.25) is 9.69 Å². The van der Waals surface area contributed by atoms with Crippen LogP contribution in [0.2, 0.25) is 0 Å². The maximum absolute atomic E-state index is 13.0. The zero-order valence-electron chi connectivity index (χ0n) is 13.5. The van der Waals surface area contributed by atoms with Gasteiger partial charge >= 0.3 is 0 Å². The van der Waals surface area contributed by atoms with Crippen LogP contribution < -0.4 is 4.90 Å². The number of imidazole rings is 1. The maximum Gasteiger partial charge on any atom is 0.232 e. The van der Waals surface area contributed by atoms with E-state index >= 15 is 0 Å². The molecule has 0 spiro atoms. The number of anilines is 2. The van der Waals surface area contributed by atoms with Crippen LogP contribution in [-0.4, -0.2) is 24.3 Å². The standard InChI is InChI=1S/C18H14BrN3O3S/c19-12-5-6-16-14(11-12)22(18(23)8-7-17-20-9-10-21-17)13-3-1-2-4-15(13)26(16,24)25/h1-6,9-11H,7-8H2,(H,20,21). The second-order valence-electron chi connectivity index (χ2n) is 5.85. The lowest BCUT2D eigenvalue weighted by molar-refractivity contribution is -0.117. The molecule has 0 saturated heterocycles. The van der Waals surface area contributed by atoms with Crippen LogP contribution in [0.3, 0.4) is 0 Å². The molecule has 1 N–H and O–H groups in total. The highest BCUT2D eigenvalue weighted by Crippen LogP contribution is 2.45. The van der Waals surface area contributed by atoms with Crippen molar-refractivity contribution in [3.8, 4) is 0 Å². The van der Waals surface area contributed by atoms with E-state index in [0.717, 1.165) is 0 Å². The molecule has 2 aromatic carbocycles. The van der Waals surface area contributed by atoms with Crippen molar-refractivity contribution in [2.24, 2.45) is 0 Å². The van der Waals surface area contributed by atoms with Crippen molar-refractivity contribution in [1.82, 2.24) is 9.97 Å². The average Bonchev–Trinajstić information content (AvgIpc) is 3.13. The number of carbonyl (C=O) groups excluding carboxylic acids is 1. The number of carbonyl (C=O) groups is 1. The molecule has 0 atom stereocenters. The lowest BCUT2D eigenvalue weighted by atomic mass is 10.2. The van der Waals surface area contributed by atoms with Gasteiger partial charge in [-0.1, -0.05) is 28.1 Å². The van der Waals surface area contributed by atoms with Crippen molar-refractivity contribution in [1.29, 1.82) is 0 Å². The molecule has 0 radical (unpaired) electrons. The van der Waals surface area contributed by atoms with E-state index < -0.39 is 9.84 Å². The van der Waals surface area contributed by atoms with E-state index in [-0.39, 0.29) is 22.1 Å². The van der Waals surface area contributed by atoms with Gasteiger partial charge in [0.25, 0.3) is 0 Å². The SMILES string of the molecule is O=C(CCc1ncc[nH]1)N1c2ccccc2S(=O)(=O)c2ccc(Br)cc21. The third-order valence-electron chi connectivity index (χ3n) is 4.23. The number of sulfone groups is 1. The number of amides is 1. The molecule has 4 rings (SSSR count). The van der Waals surface area contributed by atoms with Gasteiger partial charge in [0.05, 0.1) is 21.2 Å². The summed E-state index contributed by atoms with van der Waals surface area (Å²) in [7, 11) is -3.68. The molecule has 26 heavy (non-hydrogen) atoms. The number of benzene rings is 2. The van der Waals surface area contributed by atoms with Gasteiger partial charge in [0.1, 0.15) is 5.82 Å². The number of hydrogen-bond acceptors (Lipinski definition) is 4. The first-order valence-corrected chi connectivity index (χ1v) is 10.2. The molecule has 0 unspecified atom stereocenters. The highest BCUT2D eigenvalue weighted by atomic mass is 79.9. The van der Waals surface area contributed by atoms with Crippen LogP contribution in [-0.2, 0) is 21.1 Å². The van der Waals surface area contributed by atoms with E-state index in [1.165, 1.54) is 17.0 Å². The molecule has 1 amide bonds. The molecular weight excluding hydrogens is 418 g/mol. The number of nitrogens with zero attached hydrogens (tertiary/aromatic N) is 2. The zero-order valence-corrected chi connectivity index (χ0v) is 15.9. The largest absolute Gasteiger partial charge is 0.349 e. The van der Waals surface area contributed by atoms with Crippen molar-refractivity contribution in [2.45, 2.75) is 22.6 Å². The number of nitrogens with one attached hydrogen (secondary N) is 1. The Morgan fingerprint density at radius 1 is 1.12 bits per heavy atom. The van der Waals surface area contributed by atoms with E-state index in [9.17, 15) is 13.2 Å². The van der Waals surface area contributed by atoms with Crippen LogP contribution >= 0.6 is 15.9 Å². The molecule has 0 saturated carbocycles. The van der Waals surface area contributed by atoms with Crippen molar-refractivity contribution < 1.29 is 13.2 Å². The third kappa shape index (κ3) is 2.75. The van der Waals surface area contributed by atoms with E-state index in [4.69, 9.17) is 0 Å². The smallest absolute Gasteiger partial charge is 0.232 e. The van der Waals surface area contributed by atoms with Crippen LogP contribution in [0.25, 0.3) is 0 Å². The summed E-state index contributed by atoms with van der Waals surface area (Å²) in [6, 6.07) is 11.4. The molecule has 0 bridgehead atoms. The molecule has 6 nitrogen and oxygen atoms in total. The molecule has 1 aliphatic rings. The Hall–Kier alpha value is -2.45. The lowest BCUT2D eigenvalue weighted by Crippen LogP contribution is -2.32. The molecule has 0 aliphatic carbocycles. The molecule has 1 aromatic heterocycles. The summed E-state index contributed by atoms with van der Waals surface area (Å²) in [6.07, 6.45) is 3.98. The number of hydrogen-bond donors (Lipinski definition) is 1. The normalized spacial score (nSPS) is 14.6. The summed E-state index contributed by atoms with van der Waals surface area (Å²) in [5.74, 6) is 0.522. The van der Waals surface area contributed by atoms with Gasteiger partial charge in [-0.2, -0.15) is 0 Å². The third-order valence-corrected chi connectivity index (χ3v) is 6.57. The first-order chi connectivity index (χ1) is 12.5. The maximum atomic E-state index is 13.0. The molecule has 2 heterocycles. The van der Waals surface area contributed by atoms with Gasteiger partial charge in [-0.15, -0.1) is 0 Å². The summed E-state index contributed by atoms with van der Waals surface area (Å²) in [5.41, 5.74) is 0.741. The number of fused-ring (bicyclic) bond motifs is 2. The molecule has 8 heteroatoms. The van der Waals surface area contributed by atoms with Gasteiger partial charge in [-0.25, -0.2) is 13.4 Å². The quantitative estimate of drug-likeness (QED) is 0.686. The fraction of sp³-hybridized carbons (Fsp3) is 0.111. The Morgan fingerprint density at radius 2 is 1.88 bits per heavy atom. The summed E-state index contributed by atoms with van der Waals surface area (Å²) in [5, 5.41) is 0. The molecule has 0 fully saturated rings. The number of aromatic amines is 1. The first-order valence-electron chi connectivity index (χ1n) is 7.93. The van der Waals surface area contributed by atoms with E-state index in [1.54, 1.807) is 42.7 Å². The van der Waals surface area contributed by atoms with Crippen LogP contribution in [0.4, 0.5) is 11.4 Å². The molecule has 1 aliphatic heterocycles. The minimum absolute atomic E-state index is 0.130. The second-order valence-corrected chi connectivity index (χ2v) is 8.65. The summed E-state index contributed by atoms with van der Waals surface area (Å²) in [4.78, 5) is 21.9. The monoisotopic (exact) mass is 431 g/mol. The summed E-state index contributed by atoms with van der Waals surface area (Å²) in [6.45, 7) is 0. The van der Waals surface area contributed by atoms with Crippen molar-refractivity contribution in [2.75, 3.05) is 4.90 Å².